The maximum atomic E-state index is 12.1. The summed E-state index contributed by atoms with van der Waals surface area (Å²) in [5.74, 6) is -0.282. The van der Waals surface area contributed by atoms with E-state index in [0.29, 0.717) is 13.0 Å². The van der Waals surface area contributed by atoms with E-state index in [4.69, 9.17) is 4.74 Å². The van der Waals surface area contributed by atoms with Crippen LogP contribution in [-0.2, 0) is 20.9 Å². The first-order chi connectivity index (χ1) is 11.0. The van der Waals surface area contributed by atoms with Gasteiger partial charge in [0.25, 0.3) is 0 Å². The fourth-order valence-corrected chi connectivity index (χ4v) is 2.98. The van der Waals surface area contributed by atoms with E-state index < -0.39 is 18.2 Å². The maximum absolute atomic E-state index is 12.1. The van der Waals surface area contributed by atoms with E-state index in [0.717, 1.165) is 5.56 Å². The first-order valence-corrected chi connectivity index (χ1v) is 7.62. The minimum absolute atomic E-state index is 0.114. The molecule has 2 aliphatic heterocycles. The van der Waals surface area contributed by atoms with Crippen LogP contribution in [0.1, 0.15) is 18.9 Å². The standard InChI is InChI=1S/C16H19N3O4/c1-10-15(21)19-8-12(7-13(19)14(20)17-10)18-16(22)23-9-11-5-3-2-4-6-11/h2-6,10,12-13H,7-9H2,1H3,(H,17,20)(H,18,22)/t10-,12+,13+/m1/s1. The predicted octanol–water partition coefficient (Wildman–Crippen LogP) is 0.401. The molecule has 2 aliphatic rings. The molecule has 0 saturated carbocycles. The number of benzene rings is 1. The molecular weight excluding hydrogens is 298 g/mol. The summed E-state index contributed by atoms with van der Waals surface area (Å²) in [5.41, 5.74) is 0.898. The molecule has 2 saturated heterocycles. The Bertz CT molecular complexity index is 619. The molecule has 0 spiro atoms. The number of carbonyl (C=O) groups is 3. The van der Waals surface area contributed by atoms with Gasteiger partial charge >= 0.3 is 6.09 Å². The normalized spacial score (nSPS) is 26.5. The van der Waals surface area contributed by atoms with Crippen molar-refractivity contribution in [2.45, 2.75) is 38.1 Å². The summed E-state index contributed by atoms with van der Waals surface area (Å²) in [6.45, 7) is 2.18. The zero-order chi connectivity index (χ0) is 16.4. The highest BCUT2D eigenvalue weighted by atomic mass is 16.5. The fraction of sp³-hybridized carbons (Fsp3) is 0.438. The molecule has 3 atom stereocenters. The van der Waals surface area contributed by atoms with Crippen molar-refractivity contribution in [2.24, 2.45) is 0 Å². The lowest BCUT2D eigenvalue weighted by atomic mass is 10.1. The number of nitrogens with one attached hydrogen (secondary N) is 2. The van der Waals surface area contributed by atoms with Gasteiger partial charge in [0, 0.05) is 6.54 Å². The lowest BCUT2D eigenvalue weighted by Crippen LogP contribution is -2.60. The number of piperazine rings is 1. The summed E-state index contributed by atoms with van der Waals surface area (Å²) in [7, 11) is 0. The fourth-order valence-electron chi connectivity index (χ4n) is 2.98. The molecule has 0 aliphatic carbocycles. The number of alkyl carbamates (subject to hydrolysis) is 1. The summed E-state index contributed by atoms with van der Waals surface area (Å²) in [4.78, 5) is 37.4. The van der Waals surface area contributed by atoms with Gasteiger partial charge in [-0.3, -0.25) is 9.59 Å². The summed E-state index contributed by atoms with van der Waals surface area (Å²) in [6, 6.07) is 8.08. The molecule has 23 heavy (non-hydrogen) atoms. The van der Waals surface area contributed by atoms with Crippen LogP contribution in [0.4, 0.5) is 4.79 Å². The summed E-state index contributed by atoms with van der Waals surface area (Å²) in [5, 5.41) is 5.37. The van der Waals surface area contributed by atoms with Gasteiger partial charge in [-0.05, 0) is 18.9 Å². The van der Waals surface area contributed by atoms with Crippen LogP contribution in [0.5, 0.6) is 0 Å². The summed E-state index contributed by atoms with van der Waals surface area (Å²) < 4.78 is 5.16. The molecule has 0 radical (unpaired) electrons. The topological polar surface area (TPSA) is 87.7 Å². The number of hydrogen-bond acceptors (Lipinski definition) is 4. The lowest BCUT2D eigenvalue weighted by Gasteiger charge is -2.32. The zero-order valence-corrected chi connectivity index (χ0v) is 12.8. The third kappa shape index (κ3) is 3.28. The second-order valence-corrected chi connectivity index (χ2v) is 5.88. The van der Waals surface area contributed by atoms with Crippen LogP contribution in [0.15, 0.2) is 30.3 Å². The van der Waals surface area contributed by atoms with Gasteiger partial charge in [0.1, 0.15) is 18.7 Å². The number of hydrogen-bond donors (Lipinski definition) is 2. The number of rotatable bonds is 3. The van der Waals surface area contributed by atoms with E-state index in [-0.39, 0.29) is 24.5 Å². The van der Waals surface area contributed by atoms with Crippen LogP contribution in [-0.4, -0.2) is 47.5 Å². The third-order valence-electron chi connectivity index (χ3n) is 4.15. The van der Waals surface area contributed by atoms with Gasteiger partial charge in [0.05, 0.1) is 6.04 Å². The Morgan fingerprint density at radius 1 is 1.35 bits per heavy atom. The Kier molecular flexibility index (Phi) is 4.18. The second-order valence-electron chi connectivity index (χ2n) is 5.88. The Labute approximate surface area is 134 Å². The largest absolute Gasteiger partial charge is 0.445 e. The van der Waals surface area contributed by atoms with Crippen LogP contribution in [0.3, 0.4) is 0 Å². The lowest BCUT2D eigenvalue weighted by molar-refractivity contribution is -0.146. The van der Waals surface area contributed by atoms with Gasteiger partial charge in [-0.15, -0.1) is 0 Å². The average molecular weight is 317 g/mol. The van der Waals surface area contributed by atoms with Crippen molar-refractivity contribution in [1.29, 1.82) is 0 Å². The minimum atomic E-state index is -0.542. The van der Waals surface area contributed by atoms with Gasteiger partial charge in [-0.1, -0.05) is 30.3 Å². The molecule has 2 fully saturated rings. The van der Waals surface area contributed by atoms with Crippen molar-refractivity contribution >= 4 is 17.9 Å². The molecule has 3 rings (SSSR count). The van der Waals surface area contributed by atoms with Crippen LogP contribution < -0.4 is 10.6 Å². The van der Waals surface area contributed by atoms with Crippen molar-refractivity contribution < 1.29 is 19.1 Å². The first kappa shape index (κ1) is 15.3. The van der Waals surface area contributed by atoms with Gasteiger partial charge in [-0.2, -0.15) is 0 Å². The molecule has 0 aromatic heterocycles. The van der Waals surface area contributed by atoms with Crippen molar-refractivity contribution in [2.75, 3.05) is 6.54 Å². The van der Waals surface area contributed by atoms with E-state index in [1.165, 1.54) is 4.90 Å². The quantitative estimate of drug-likeness (QED) is 0.845. The van der Waals surface area contributed by atoms with E-state index in [2.05, 4.69) is 10.6 Å². The summed E-state index contributed by atoms with van der Waals surface area (Å²) in [6.07, 6.45) is -0.135. The van der Waals surface area contributed by atoms with Crippen molar-refractivity contribution in [1.82, 2.24) is 15.5 Å². The average Bonchev–Trinajstić information content (AvgIpc) is 2.96. The van der Waals surface area contributed by atoms with Gasteiger partial charge < -0.3 is 20.3 Å². The van der Waals surface area contributed by atoms with Gasteiger partial charge in [0.15, 0.2) is 0 Å². The smallest absolute Gasteiger partial charge is 0.407 e. The first-order valence-electron chi connectivity index (χ1n) is 7.62. The number of ether oxygens (including phenoxy) is 1. The molecule has 3 amide bonds. The Hall–Kier alpha value is -2.57. The molecule has 2 N–H and O–H groups in total. The molecule has 0 unspecified atom stereocenters. The van der Waals surface area contributed by atoms with Crippen LogP contribution >= 0.6 is 0 Å². The number of amides is 3. The highest BCUT2D eigenvalue weighted by Crippen LogP contribution is 2.22. The third-order valence-corrected chi connectivity index (χ3v) is 4.15. The van der Waals surface area contributed by atoms with E-state index in [1.54, 1.807) is 6.92 Å². The number of nitrogens with zero attached hydrogens (tertiary/aromatic N) is 1. The van der Waals surface area contributed by atoms with Crippen LogP contribution in [0.25, 0.3) is 0 Å². The SMILES string of the molecule is C[C@H]1NC(=O)[C@@H]2C[C@H](NC(=O)OCc3ccccc3)CN2C1=O. The van der Waals surface area contributed by atoms with E-state index in [9.17, 15) is 14.4 Å². The van der Waals surface area contributed by atoms with Crippen molar-refractivity contribution in [3.63, 3.8) is 0 Å². The number of carbonyl (C=O) groups excluding carboxylic acids is 3. The minimum Gasteiger partial charge on any atom is -0.445 e. The monoisotopic (exact) mass is 317 g/mol. The highest BCUT2D eigenvalue weighted by molar-refractivity contribution is 5.97. The Morgan fingerprint density at radius 2 is 2.09 bits per heavy atom. The molecule has 122 valence electrons. The molecule has 1 aromatic carbocycles. The summed E-state index contributed by atoms with van der Waals surface area (Å²) >= 11 is 0. The van der Waals surface area contributed by atoms with Gasteiger partial charge in [-0.25, -0.2) is 4.79 Å². The van der Waals surface area contributed by atoms with E-state index in [1.807, 2.05) is 30.3 Å². The molecule has 7 heteroatoms. The molecular formula is C16H19N3O4. The zero-order valence-electron chi connectivity index (χ0n) is 12.8. The Balaban J connectivity index is 1.52. The Morgan fingerprint density at radius 3 is 2.83 bits per heavy atom. The van der Waals surface area contributed by atoms with Crippen molar-refractivity contribution in [3.05, 3.63) is 35.9 Å². The van der Waals surface area contributed by atoms with Crippen molar-refractivity contribution in [3.8, 4) is 0 Å². The second kappa shape index (κ2) is 6.28. The van der Waals surface area contributed by atoms with Gasteiger partial charge in [0.2, 0.25) is 11.8 Å². The molecule has 2 heterocycles. The predicted molar refractivity (Wildman–Crippen MR) is 81.3 cm³/mol. The van der Waals surface area contributed by atoms with Crippen LogP contribution in [0, 0.1) is 0 Å². The maximum Gasteiger partial charge on any atom is 0.407 e. The van der Waals surface area contributed by atoms with Crippen LogP contribution in [0.2, 0.25) is 0 Å². The molecule has 1 aromatic rings. The highest BCUT2D eigenvalue weighted by Gasteiger charge is 2.45. The molecule has 0 bridgehead atoms. The molecule has 7 nitrogen and oxygen atoms in total. The van der Waals surface area contributed by atoms with E-state index >= 15 is 0 Å². The number of fused-ring (bicyclic) bond motifs is 1.